The molecule has 0 bridgehead atoms. The van der Waals surface area contributed by atoms with Gasteiger partial charge < -0.3 is 4.98 Å². The lowest BCUT2D eigenvalue weighted by Crippen LogP contribution is -2.24. The first-order valence-electron chi connectivity index (χ1n) is 11.9. The summed E-state index contributed by atoms with van der Waals surface area (Å²) < 4.78 is 18.5. The minimum atomic E-state index is -0.427. The van der Waals surface area contributed by atoms with Crippen molar-refractivity contribution in [2.24, 2.45) is 0 Å². The van der Waals surface area contributed by atoms with Gasteiger partial charge in [0.05, 0.1) is 35.9 Å². The number of hydrogen-bond acceptors (Lipinski definition) is 5. The Morgan fingerprint density at radius 3 is 2.73 bits per heavy atom. The van der Waals surface area contributed by atoms with E-state index in [0.29, 0.717) is 39.4 Å². The number of rotatable bonds is 7. The van der Waals surface area contributed by atoms with E-state index in [1.54, 1.807) is 30.6 Å². The quantitative estimate of drug-likeness (QED) is 0.322. The molecule has 186 valence electrons. The van der Waals surface area contributed by atoms with Gasteiger partial charge in [-0.3, -0.25) is 14.0 Å². The standard InChI is InChI=1S/C28H26FN7O/c1-5-7-22-24(6-2)31-16-35(28(22)37)14-19-9-8-18(12-23(19)29)21-10-11-30-27-25(21)33-26(34-27)20-13-32-36(15-20)17(3)4/h5-13,15-17H,2,14H2,1,3-4H3,(H,30,33,34)/b7-5-. The van der Waals surface area contributed by atoms with Gasteiger partial charge in [0.1, 0.15) is 17.2 Å². The maximum Gasteiger partial charge on any atom is 0.261 e. The minimum absolute atomic E-state index is 0.0536. The van der Waals surface area contributed by atoms with E-state index in [0.717, 1.165) is 11.1 Å². The van der Waals surface area contributed by atoms with Crippen LogP contribution < -0.4 is 5.56 Å². The van der Waals surface area contributed by atoms with Gasteiger partial charge in [-0.25, -0.2) is 19.3 Å². The predicted octanol–water partition coefficient (Wildman–Crippen LogP) is 5.49. The van der Waals surface area contributed by atoms with E-state index in [9.17, 15) is 4.79 Å². The third-order valence-corrected chi connectivity index (χ3v) is 6.12. The highest BCUT2D eigenvalue weighted by molar-refractivity contribution is 5.91. The summed E-state index contributed by atoms with van der Waals surface area (Å²) in [6.07, 6.45) is 11.7. The van der Waals surface area contributed by atoms with Gasteiger partial charge in [-0.15, -0.1) is 0 Å². The van der Waals surface area contributed by atoms with Crippen LogP contribution in [0, 0.1) is 5.82 Å². The fourth-order valence-corrected chi connectivity index (χ4v) is 4.17. The number of nitrogens with zero attached hydrogens (tertiary/aromatic N) is 6. The number of fused-ring (bicyclic) bond motifs is 1. The number of aromatic amines is 1. The molecule has 8 nitrogen and oxygen atoms in total. The number of imidazole rings is 1. The molecule has 0 aliphatic rings. The highest BCUT2D eigenvalue weighted by Crippen LogP contribution is 2.30. The van der Waals surface area contributed by atoms with E-state index in [4.69, 9.17) is 4.98 Å². The number of H-pyrrole nitrogens is 1. The molecule has 0 atom stereocenters. The zero-order chi connectivity index (χ0) is 26.1. The van der Waals surface area contributed by atoms with Crippen LogP contribution in [0.15, 0.2) is 66.6 Å². The van der Waals surface area contributed by atoms with Crippen molar-refractivity contribution in [2.75, 3.05) is 0 Å². The van der Waals surface area contributed by atoms with E-state index in [1.807, 2.05) is 29.9 Å². The van der Waals surface area contributed by atoms with E-state index in [2.05, 4.69) is 40.5 Å². The molecule has 4 aromatic heterocycles. The van der Waals surface area contributed by atoms with Crippen molar-refractivity contribution in [1.29, 1.82) is 0 Å². The molecule has 37 heavy (non-hydrogen) atoms. The van der Waals surface area contributed by atoms with Crippen LogP contribution in [-0.4, -0.2) is 34.3 Å². The van der Waals surface area contributed by atoms with Crippen LogP contribution in [0.1, 0.15) is 43.6 Å². The van der Waals surface area contributed by atoms with Crippen molar-refractivity contribution in [3.05, 3.63) is 94.8 Å². The Kier molecular flexibility index (Phi) is 6.35. The van der Waals surface area contributed by atoms with Gasteiger partial charge in [-0.1, -0.05) is 30.9 Å². The molecular weight excluding hydrogens is 469 g/mol. The average molecular weight is 496 g/mol. The number of pyridine rings is 1. The molecule has 1 N–H and O–H groups in total. The first-order valence-corrected chi connectivity index (χ1v) is 11.9. The summed E-state index contributed by atoms with van der Waals surface area (Å²) in [4.78, 5) is 29.6. The molecule has 0 saturated carbocycles. The normalized spacial score (nSPS) is 11.7. The topological polar surface area (TPSA) is 94.3 Å². The second kappa shape index (κ2) is 9.77. The zero-order valence-electron chi connectivity index (χ0n) is 20.8. The number of halogens is 1. The molecule has 5 aromatic rings. The van der Waals surface area contributed by atoms with Crippen LogP contribution in [0.2, 0.25) is 0 Å². The van der Waals surface area contributed by atoms with Crippen molar-refractivity contribution >= 4 is 23.3 Å². The van der Waals surface area contributed by atoms with Crippen LogP contribution in [-0.2, 0) is 6.54 Å². The summed E-state index contributed by atoms with van der Waals surface area (Å²) in [6.45, 7) is 9.69. The fraction of sp³-hybridized carbons (Fsp3) is 0.179. The lowest BCUT2D eigenvalue weighted by molar-refractivity contribution is 0.532. The molecule has 0 amide bonds. The van der Waals surface area contributed by atoms with E-state index < -0.39 is 5.82 Å². The molecule has 0 unspecified atom stereocenters. The number of benzene rings is 1. The van der Waals surface area contributed by atoms with Gasteiger partial charge in [0, 0.05) is 29.6 Å². The largest absolute Gasteiger partial charge is 0.323 e. The van der Waals surface area contributed by atoms with Gasteiger partial charge in [-0.2, -0.15) is 5.10 Å². The first kappa shape index (κ1) is 24.1. The Hall–Kier alpha value is -4.66. The third-order valence-electron chi connectivity index (χ3n) is 6.12. The molecule has 0 spiro atoms. The van der Waals surface area contributed by atoms with E-state index in [-0.39, 0.29) is 18.1 Å². The lowest BCUT2D eigenvalue weighted by Gasteiger charge is -2.10. The number of allylic oxidation sites excluding steroid dienone is 1. The van der Waals surface area contributed by atoms with Crippen LogP contribution in [0.3, 0.4) is 0 Å². The van der Waals surface area contributed by atoms with Gasteiger partial charge >= 0.3 is 0 Å². The second-order valence-electron chi connectivity index (χ2n) is 8.93. The summed E-state index contributed by atoms with van der Waals surface area (Å²) >= 11 is 0. The monoisotopic (exact) mass is 495 g/mol. The highest BCUT2D eigenvalue weighted by atomic mass is 19.1. The fourth-order valence-electron chi connectivity index (χ4n) is 4.17. The number of aromatic nitrogens is 7. The van der Waals surface area contributed by atoms with Crippen molar-refractivity contribution in [3.63, 3.8) is 0 Å². The van der Waals surface area contributed by atoms with Crippen LogP contribution >= 0.6 is 0 Å². The van der Waals surface area contributed by atoms with Gasteiger partial charge in [0.25, 0.3) is 5.56 Å². The summed E-state index contributed by atoms with van der Waals surface area (Å²) in [5, 5.41) is 4.38. The third kappa shape index (κ3) is 4.51. The number of nitrogens with one attached hydrogen (secondary N) is 1. The van der Waals surface area contributed by atoms with Crippen molar-refractivity contribution < 1.29 is 4.39 Å². The Balaban J connectivity index is 1.49. The Morgan fingerprint density at radius 1 is 1.19 bits per heavy atom. The molecule has 9 heteroatoms. The minimum Gasteiger partial charge on any atom is -0.323 e. The zero-order valence-corrected chi connectivity index (χ0v) is 20.8. The Bertz CT molecular complexity index is 1710. The predicted molar refractivity (Wildman–Crippen MR) is 143 cm³/mol. The van der Waals surface area contributed by atoms with Gasteiger partial charge in [0.15, 0.2) is 5.65 Å². The summed E-state index contributed by atoms with van der Waals surface area (Å²) in [5.74, 6) is 0.217. The SMILES string of the molecule is C=Cc1ncn(Cc2ccc(-c3ccnc4[nH]c(-c5cnn(C(C)C)c5)nc34)cc2F)c(=O)c1/C=C\C. The van der Waals surface area contributed by atoms with Crippen molar-refractivity contribution in [2.45, 2.75) is 33.4 Å². The summed E-state index contributed by atoms with van der Waals surface area (Å²) in [6, 6.07) is 7.00. The van der Waals surface area contributed by atoms with Crippen molar-refractivity contribution in [3.8, 4) is 22.5 Å². The Morgan fingerprint density at radius 2 is 2.03 bits per heavy atom. The molecule has 0 aliphatic heterocycles. The molecule has 1 aromatic carbocycles. The molecular formula is C28H26FN7O. The maximum atomic E-state index is 15.3. The Labute approximate surface area is 212 Å². The van der Waals surface area contributed by atoms with Crippen LogP contribution in [0.4, 0.5) is 4.39 Å². The second-order valence-corrected chi connectivity index (χ2v) is 8.93. The van der Waals surface area contributed by atoms with E-state index >= 15 is 4.39 Å². The van der Waals surface area contributed by atoms with Crippen molar-refractivity contribution in [1.82, 2.24) is 34.3 Å². The smallest absolute Gasteiger partial charge is 0.261 e. The molecule has 0 aliphatic carbocycles. The summed E-state index contributed by atoms with van der Waals surface area (Å²) in [5.41, 5.74) is 4.52. The molecule has 4 heterocycles. The summed E-state index contributed by atoms with van der Waals surface area (Å²) in [7, 11) is 0. The molecule has 0 radical (unpaired) electrons. The average Bonchev–Trinajstić information content (AvgIpc) is 3.55. The van der Waals surface area contributed by atoms with E-state index in [1.165, 1.54) is 23.0 Å². The highest BCUT2D eigenvalue weighted by Gasteiger charge is 2.15. The van der Waals surface area contributed by atoms with Gasteiger partial charge in [-0.05, 0) is 44.5 Å². The lowest BCUT2D eigenvalue weighted by atomic mass is 10.0. The first-order chi connectivity index (χ1) is 17.9. The van der Waals surface area contributed by atoms with Crippen LogP contribution in [0.5, 0.6) is 0 Å². The molecule has 0 fully saturated rings. The molecule has 0 saturated heterocycles. The molecule has 5 rings (SSSR count). The number of hydrogen-bond donors (Lipinski definition) is 1. The van der Waals surface area contributed by atoms with Crippen LogP contribution in [0.25, 0.3) is 45.8 Å². The maximum absolute atomic E-state index is 15.3. The van der Waals surface area contributed by atoms with Gasteiger partial charge in [0.2, 0.25) is 0 Å².